The van der Waals surface area contributed by atoms with Crippen molar-refractivity contribution in [3.05, 3.63) is 30.5 Å². The summed E-state index contributed by atoms with van der Waals surface area (Å²) in [4.78, 5) is 0.916. The second kappa shape index (κ2) is 4.99. The van der Waals surface area contributed by atoms with Crippen molar-refractivity contribution in [1.82, 2.24) is 10.2 Å². The maximum absolute atomic E-state index is 10.8. The Morgan fingerprint density at radius 2 is 2.06 bits per heavy atom. The molecule has 90 valence electrons. The maximum Gasteiger partial charge on any atom is 0.209 e. The lowest BCUT2D eigenvalue weighted by Gasteiger charge is -2.03. The summed E-state index contributed by atoms with van der Waals surface area (Å²) in [5.74, 6) is 0.364. The number of rotatable bonds is 4. The third-order valence-electron chi connectivity index (χ3n) is 2.14. The van der Waals surface area contributed by atoms with Gasteiger partial charge in [-0.15, -0.1) is 11.8 Å². The van der Waals surface area contributed by atoms with Gasteiger partial charge < -0.3 is 0 Å². The molecule has 2 aromatic rings. The molecule has 0 aliphatic rings. The first-order valence-corrected chi connectivity index (χ1v) is 7.60. The van der Waals surface area contributed by atoms with Gasteiger partial charge in [0.05, 0.1) is 17.5 Å². The van der Waals surface area contributed by atoms with Gasteiger partial charge in [-0.1, -0.05) is 18.2 Å². The maximum atomic E-state index is 10.8. The van der Waals surface area contributed by atoms with Crippen LogP contribution < -0.4 is 5.14 Å². The molecule has 1 aromatic carbocycles. The fourth-order valence-corrected chi connectivity index (χ4v) is 3.30. The third-order valence-corrected chi connectivity index (χ3v) is 4.21. The Balaban J connectivity index is 2.19. The van der Waals surface area contributed by atoms with E-state index in [9.17, 15) is 8.42 Å². The molecule has 1 heterocycles. The van der Waals surface area contributed by atoms with E-state index in [2.05, 4.69) is 10.2 Å². The molecule has 0 spiro atoms. The lowest BCUT2D eigenvalue weighted by molar-refractivity contribution is 0.599. The molecule has 5 nitrogen and oxygen atoms in total. The normalized spacial score (nSPS) is 11.8. The minimum absolute atomic E-state index is 0.0473. The summed E-state index contributed by atoms with van der Waals surface area (Å²) in [6.45, 7) is 0. The van der Waals surface area contributed by atoms with Gasteiger partial charge in [-0.2, -0.15) is 10.2 Å². The molecule has 0 bridgehead atoms. The molecule has 0 amide bonds. The van der Waals surface area contributed by atoms with E-state index in [0.29, 0.717) is 5.75 Å². The lowest BCUT2D eigenvalue weighted by atomic mass is 10.2. The Bertz CT molecular complexity index is 623. The summed E-state index contributed by atoms with van der Waals surface area (Å²) in [6, 6.07) is 7.60. The van der Waals surface area contributed by atoms with Crippen LogP contribution in [-0.2, 0) is 10.0 Å². The smallest absolute Gasteiger partial charge is 0.209 e. The molecule has 1 aromatic heterocycles. The zero-order chi connectivity index (χ0) is 12.3. The number of nitrogens with zero attached hydrogens (tertiary/aromatic N) is 2. The first kappa shape index (κ1) is 12.3. The van der Waals surface area contributed by atoms with E-state index in [1.54, 1.807) is 6.20 Å². The van der Waals surface area contributed by atoms with E-state index in [1.807, 2.05) is 24.3 Å². The van der Waals surface area contributed by atoms with Crippen LogP contribution >= 0.6 is 11.8 Å². The standard InChI is InChI=1S/C10H11N3O2S2/c11-17(14,15)6-5-16-10-7-12-13-9-4-2-1-3-8(9)10/h1-4,7H,5-6H2,(H2,11,14,15). The molecule has 0 aliphatic heterocycles. The van der Waals surface area contributed by atoms with Crippen molar-refractivity contribution in [2.75, 3.05) is 11.5 Å². The third kappa shape index (κ3) is 3.39. The van der Waals surface area contributed by atoms with Crippen LogP contribution in [0.15, 0.2) is 35.4 Å². The molecule has 2 N–H and O–H groups in total. The zero-order valence-electron chi connectivity index (χ0n) is 8.91. The van der Waals surface area contributed by atoms with E-state index >= 15 is 0 Å². The van der Waals surface area contributed by atoms with Gasteiger partial charge in [-0.25, -0.2) is 13.6 Å². The first-order valence-electron chi connectivity index (χ1n) is 4.90. The molecule has 0 aliphatic carbocycles. The fourth-order valence-electron chi connectivity index (χ4n) is 1.37. The van der Waals surface area contributed by atoms with Crippen molar-refractivity contribution in [2.24, 2.45) is 5.14 Å². The Morgan fingerprint density at radius 1 is 1.29 bits per heavy atom. The number of nitrogens with two attached hydrogens (primary N) is 1. The summed E-state index contributed by atoms with van der Waals surface area (Å²) in [5.41, 5.74) is 0.799. The minimum Gasteiger partial charge on any atom is -0.229 e. The first-order chi connectivity index (χ1) is 8.06. The molecule has 2 rings (SSSR count). The van der Waals surface area contributed by atoms with Gasteiger partial charge in [0.25, 0.3) is 0 Å². The van der Waals surface area contributed by atoms with E-state index in [1.165, 1.54) is 11.8 Å². The van der Waals surface area contributed by atoms with E-state index in [4.69, 9.17) is 5.14 Å². The average Bonchev–Trinajstić information content (AvgIpc) is 2.28. The van der Waals surface area contributed by atoms with Crippen molar-refractivity contribution in [3.8, 4) is 0 Å². The number of primary sulfonamides is 1. The minimum atomic E-state index is -3.40. The number of sulfonamides is 1. The van der Waals surface area contributed by atoms with Crippen LogP contribution in [0, 0.1) is 0 Å². The SMILES string of the molecule is NS(=O)(=O)CCSc1cnnc2ccccc12. The predicted molar refractivity (Wildman–Crippen MR) is 68.2 cm³/mol. The molecule has 17 heavy (non-hydrogen) atoms. The molecule has 0 atom stereocenters. The number of aromatic nitrogens is 2. The van der Waals surface area contributed by atoms with E-state index in [0.717, 1.165) is 15.8 Å². The summed E-state index contributed by atoms with van der Waals surface area (Å²) in [7, 11) is -3.40. The highest BCUT2D eigenvalue weighted by atomic mass is 32.2. The van der Waals surface area contributed by atoms with Gasteiger partial charge in [0.1, 0.15) is 0 Å². The number of hydrogen-bond donors (Lipinski definition) is 1. The number of fused-ring (bicyclic) bond motifs is 1. The fraction of sp³-hybridized carbons (Fsp3) is 0.200. The summed E-state index contributed by atoms with van der Waals surface area (Å²) in [6.07, 6.45) is 1.64. The summed E-state index contributed by atoms with van der Waals surface area (Å²) in [5, 5.41) is 13.8. The molecule has 0 fully saturated rings. The second-order valence-electron chi connectivity index (χ2n) is 3.44. The van der Waals surface area contributed by atoms with Crippen LogP contribution in [0.5, 0.6) is 0 Å². The second-order valence-corrected chi connectivity index (χ2v) is 6.31. The van der Waals surface area contributed by atoms with Crippen molar-refractivity contribution < 1.29 is 8.42 Å². The number of benzene rings is 1. The Labute approximate surface area is 103 Å². The van der Waals surface area contributed by atoms with Crippen LogP contribution in [0.25, 0.3) is 10.9 Å². The van der Waals surface area contributed by atoms with Crippen LogP contribution in [0.1, 0.15) is 0 Å². The van der Waals surface area contributed by atoms with E-state index in [-0.39, 0.29) is 5.75 Å². The van der Waals surface area contributed by atoms with Crippen LogP contribution in [0.3, 0.4) is 0 Å². The van der Waals surface area contributed by atoms with Gasteiger partial charge in [-0.05, 0) is 6.07 Å². The Kier molecular flexibility index (Phi) is 3.60. The Morgan fingerprint density at radius 3 is 2.82 bits per heavy atom. The molecular formula is C10H11N3O2S2. The van der Waals surface area contributed by atoms with Gasteiger partial charge >= 0.3 is 0 Å². The summed E-state index contributed by atoms with van der Waals surface area (Å²) >= 11 is 1.42. The molecule has 0 unspecified atom stereocenters. The Hall–Kier alpha value is -1.18. The van der Waals surface area contributed by atoms with Gasteiger partial charge in [-0.3, -0.25) is 0 Å². The molecule has 0 saturated carbocycles. The van der Waals surface area contributed by atoms with Crippen molar-refractivity contribution in [2.45, 2.75) is 4.90 Å². The molecule has 7 heteroatoms. The number of hydrogen-bond acceptors (Lipinski definition) is 5. The van der Waals surface area contributed by atoms with Crippen molar-refractivity contribution >= 4 is 32.7 Å². The molecular weight excluding hydrogens is 258 g/mol. The quantitative estimate of drug-likeness (QED) is 0.837. The molecule has 0 radical (unpaired) electrons. The van der Waals surface area contributed by atoms with Crippen LogP contribution in [-0.4, -0.2) is 30.1 Å². The topological polar surface area (TPSA) is 85.9 Å². The molecule has 0 saturated heterocycles. The van der Waals surface area contributed by atoms with E-state index < -0.39 is 10.0 Å². The van der Waals surface area contributed by atoms with Gasteiger partial charge in [0.15, 0.2) is 0 Å². The van der Waals surface area contributed by atoms with Crippen molar-refractivity contribution in [3.63, 3.8) is 0 Å². The average molecular weight is 269 g/mol. The van der Waals surface area contributed by atoms with Crippen molar-refractivity contribution in [1.29, 1.82) is 0 Å². The van der Waals surface area contributed by atoms with Crippen LogP contribution in [0.2, 0.25) is 0 Å². The highest BCUT2D eigenvalue weighted by molar-refractivity contribution is 8.00. The highest BCUT2D eigenvalue weighted by Gasteiger charge is 2.06. The largest absolute Gasteiger partial charge is 0.229 e. The van der Waals surface area contributed by atoms with Gasteiger partial charge in [0.2, 0.25) is 10.0 Å². The highest BCUT2D eigenvalue weighted by Crippen LogP contribution is 2.25. The zero-order valence-corrected chi connectivity index (χ0v) is 10.5. The predicted octanol–water partition coefficient (Wildman–Crippen LogP) is 1.01. The lowest BCUT2D eigenvalue weighted by Crippen LogP contribution is -2.17. The number of thioether (sulfide) groups is 1. The van der Waals surface area contributed by atoms with Crippen LogP contribution in [0.4, 0.5) is 0 Å². The monoisotopic (exact) mass is 269 g/mol. The summed E-state index contributed by atoms with van der Waals surface area (Å²) < 4.78 is 21.6. The van der Waals surface area contributed by atoms with Gasteiger partial charge in [0, 0.05) is 16.0 Å².